The predicted octanol–water partition coefficient (Wildman–Crippen LogP) is 6.70. The van der Waals surface area contributed by atoms with Crippen LogP contribution in [-0.2, 0) is 17.5 Å². The fourth-order valence-corrected chi connectivity index (χ4v) is 3.98. The Morgan fingerprint density at radius 1 is 1.00 bits per heavy atom. The molecule has 0 amide bonds. The first-order chi connectivity index (χ1) is 16.3. The first kappa shape index (κ1) is 23.5. The van der Waals surface area contributed by atoms with Gasteiger partial charge in [-0.1, -0.05) is 24.3 Å². The molecule has 4 rings (SSSR count). The van der Waals surface area contributed by atoms with E-state index in [1.54, 1.807) is 30.3 Å². The van der Waals surface area contributed by atoms with Crippen LogP contribution in [0.25, 0.3) is 11.1 Å². The minimum absolute atomic E-state index is 0.110. The molecular weight excluding hydrogens is 450 g/mol. The van der Waals surface area contributed by atoms with Gasteiger partial charge < -0.3 is 9.47 Å². The van der Waals surface area contributed by atoms with Gasteiger partial charge in [-0.05, 0) is 66.8 Å². The highest BCUT2D eigenvalue weighted by atomic mass is 19.4. The van der Waals surface area contributed by atoms with Crippen molar-refractivity contribution in [2.75, 3.05) is 7.11 Å². The van der Waals surface area contributed by atoms with Crippen molar-refractivity contribution in [1.29, 1.82) is 0 Å². The first-order valence-electron chi connectivity index (χ1n) is 10.6. The Labute approximate surface area is 193 Å². The van der Waals surface area contributed by atoms with E-state index in [1.165, 1.54) is 25.3 Å². The lowest BCUT2D eigenvalue weighted by Crippen LogP contribution is -2.08. The molecule has 4 nitrogen and oxygen atoms in total. The number of halogens is 4. The zero-order valence-corrected chi connectivity index (χ0v) is 18.3. The van der Waals surface area contributed by atoms with Crippen molar-refractivity contribution < 1.29 is 31.8 Å². The summed E-state index contributed by atoms with van der Waals surface area (Å²) >= 11 is 0. The molecule has 0 saturated carbocycles. The number of esters is 1. The van der Waals surface area contributed by atoms with Gasteiger partial charge in [0.1, 0.15) is 23.9 Å². The summed E-state index contributed by atoms with van der Waals surface area (Å²) in [5.74, 6) is -0.842. The lowest BCUT2D eigenvalue weighted by atomic mass is 9.97. The smallest absolute Gasteiger partial charge is 0.416 e. The van der Waals surface area contributed by atoms with Crippen LogP contribution in [0.1, 0.15) is 52.1 Å². The van der Waals surface area contributed by atoms with Crippen LogP contribution in [0.15, 0.2) is 60.7 Å². The molecule has 0 saturated heterocycles. The third-order valence-corrected chi connectivity index (χ3v) is 5.64. The molecule has 0 unspecified atom stereocenters. The number of hydrogen-bond donors (Lipinski definition) is 0. The summed E-state index contributed by atoms with van der Waals surface area (Å²) in [4.78, 5) is 16.3. The van der Waals surface area contributed by atoms with Gasteiger partial charge in [-0.15, -0.1) is 0 Å². The fraction of sp³-hybridized carbons (Fsp3) is 0.231. The highest BCUT2D eigenvalue weighted by molar-refractivity contribution is 5.94. The second kappa shape index (κ2) is 9.67. The van der Waals surface area contributed by atoms with Crippen molar-refractivity contribution in [2.24, 2.45) is 0 Å². The van der Waals surface area contributed by atoms with Crippen LogP contribution in [0.4, 0.5) is 17.6 Å². The fourth-order valence-electron chi connectivity index (χ4n) is 3.98. The van der Waals surface area contributed by atoms with E-state index in [-0.39, 0.29) is 23.6 Å². The Morgan fingerprint density at radius 2 is 1.76 bits per heavy atom. The summed E-state index contributed by atoms with van der Waals surface area (Å²) in [7, 11) is 1.25. The predicted molar refractivity (Wildman–Crippen MR) is 118 cm³/mol. The molecule has 0 aliphatic heterocycles. The molecule has 0 N–H and O–H groups in total. The average molecular weight is 471 g/mol. The molecule has 34 heavy (non-hydrogen) atoms. The summed E-state index contributed by atoms with van der Waals surface area (Å²) in [5, 5.41) is 0. The highest BCUT2D eigenvalue weighted by Crippen LogP contribution is 2.44. The number of carbonyl (C=O) groups excluding carboxylic acids is 1. The Kier molecular flexibility index (Phi) is 6.68. The van der Waals surface area contributed by atoms with Gasteiger partial charge >= 0.3 is 12.1 Å². The molecule has 2 aromatic carbocycles. The van der Waals surface area contributed by atoms with E-state index >= 15 is 0 Å². The van der Waals surface area contributed by atoms with E-state index in [2.05, 4.69) is 4.98 Å². The topological polar surface area (TPSA) is 48.4 Å². The van der Waals surface area contributed by atoms with Crippen LogP contribution in [-0.4, -0.2) is 18.1 Å². The molecule has 1 aromatic heterocycles. The number of pyridine rings is 1. The molecule has 1 heterocycles. The summed E-state index contributed by atoms with van der Waals surface area (Å²) in [6.07, 6.45) is -2.74. The SMILES string of the molecule is COC(=O)c1cccc(C2=C(c3cc(C(F)(F)F)ccc3OCc3ccccc3F)CCC2)n1. The third-order valence-electron chi connectivity index (χ3n) is 5.64. The molecular formula is C26H21F4NO3. The molecule has 0 spiro atoms. The number of methoxy groups -OCH3 is 1. The van der Waals surface area contributed by atoms with Crippen molar-refractivity contribution in [1.82, 2.24) is 4.98 Å². The Bertz CT molecular complexity index is 1250. The van der Waals surface area contributed by atoms with Crippen molar-refractivity contribution in [3.63, 3.8) is 0 Å². The summed E-state index contributed by atoms with van der Waals surface area (Å²) < 4.78 is 65.1. The van der Waals surface area contributed by atoms with E-state index in [9.17, 15) is 22.4 Å². The quantitative estimate of drug-likeness (QED) is 0.297. The molecule has 176 valence electrons. The van der Waals surface area contributed by atoms with Crippen LogP contribution in [0.2, 0.25) is 0 Å². The van der Waals surface area contributed by atoms with Gasteiger partial charge in [0.05, 0.1) is 18.4 Å². The Balaban J connectivity index is 1.79. The second-order valence-electron chi connectivity index (χ2n) is 7.80. The standard InChI is InChI=1S/C26H21F4NO3/c1-33-25(32)23-11-5-10-22(31-23)19-8-4-7-18(19)20-14-17(26(28,29)30)12-13-24(20)34-15-16-6-2-3-9-21(16)27/h2-3,5-6,9-14H,4,7-8,15H2,1H3. The molecule has 0 bridgehead atoms. The molecule has 8 heteroatoms. The Hall–Kier alpha value is -3.68. The molecule has 1 aliphatic carbocycles. The minimum Gasteiger partial charge on any atom is -0.488 e. The molecule has 0 radical (unpaired) electrons. The van der Waals surface area contributed by atoms with Gasteiger partial charge in [0.25, 0.3) is 0 Å². The van der Waals surface area contributed by atoms with Gasteiger partial charge in [-0.3, -0.25) is 0 Å². The molecule has 3 aromatic rings. The van der Waals surface area contributed by atoms with E-state index in [1.807, 2.05) is 0 Å². The van der Waals surface area contributed by atoms with Crippen molar-refractivity contribution >= 4 is 17.1 Å². The molecule has 1 aliphatic rings. The summed E-state index contributed by atoms with van der Waals surface area (Å²) in [6.45, 7) is -0.135. The maximum absolute atomic E-state index is 14.0. The van der Waals surface area contributed by atoms with Crippen molar-refractivity contribution in [2.45, 2.75) is 32.0 Å². The van der Waals surface area contributed by atoms with Gasteiger partial charge in [-0.2, -0.15) is 13.2 Å². The third kappa shape index (κ3) is 4.95. The van der Waals surface area contributed by atoms with Gasteiger partial charge in [0, 0.05) is 11.1 Å². The minimum atomic E-state index is -4.54. The van der Waals surface area contributed by atoms with Gasteiger partial charge in [-0.25, -0.2) is 14.2 Å². The van der Waals surface area contributed by atoms with Crippen molar-refractivity contribution in [3.05, 3.63) is 94.6 Å². The number of hydrogen-bond acceptors (Lipinski definition) is 4. The van der Waals surface area contributed by atoms with E-state index in [0.717, 1.165) is 17.7 Å². The monoisotopic (exact) mass is 471 g/mol. The van der Waals surface area contributed by atoms with E-state index in [0.29, 0.717) is 36.1 Å². The maximum atomic E-state index is 14.0. The second-order valence-corrected chi connectivity index (χ2v) is 7.80. The van der Waals surface area contributed by atoms with Crippen LogP contribution in [0.3, 0.4) is 0 Å². The lowest BCUT2D eigenvalue weighted by molar-refractivity contribution is -0.137. The highest BCUT2D eigenvalue weighted by Gasteiger charge is 2.32. The van der Waals surface area contributed by atoms with Gasteiger partial charge in [0.15, 0.2) is 0 Å². The number of ether oxygens (including phenoxy) is 2. The van der Waals surface area contributed by atoms with E-state index < -0.39 is 23.5 Å². The lowest BCUT2D eigenvalue weighted by Gasteiger charge is -2.17. The van der Waals surface area contributed by atoms with Crippen LogP contribution >= 0.6 is 0 Å². The van der Waals surface area contributed by atoms with Crippen molar-refractivity contribution in [3.8, 4) is 5.75 Å². The Morgan fingerprint density at radius 3 is 2.50 bits per heavy atom. The van der Waals surface area contributed by atoms with Gasteiger partial charge in [0.2, 0.25) is 0 Å². The molecule has 0 fully saturated rings. The number of rotatable bonds is 6. The van der Waals surface area contributed by atoms with Crippen LogP contribution in [0.5, 0.6) is 5.75 Å². The first-order valence-corrected chi connectivity index (χ1v) is 10.6. The number of carbonyl (C=O) groups is 1. The number of benzene rings is 2. The maximum Gasteiger partial charge on any atom is 0.416 e. The van der Waals surface area contributed by atoms with E-state index in [4.69, 9.17) is 9.47 Å². The average Bonchev–Trinajstić information content (AvgIpc) is 3.32. The molecule has 0 atom stereocenters. The normalized spacial score (nSPS) is 13.8. The summed E-state index contributed by atoms with van der Waals surface area (Å²) in [5.41, 5.74) is 1.76. The number of alkyl halides is 3. The van der Waals surface area contributed by atoms with Crippen LogP contribution < -0.4 is 4.74 Å². The number of aromatic nitrogens is 1. The zero-order chi connectivity index (χ0) is 24.3. The largest absolute Gasteiger partial charge is 0.488 e. The zero-order valence-electron chi connectivity index (χ0n) is 18.3. The summed E-state index contributed by atoms with van der Waals surface area (Å²) in [6, 6.07) is 14.2. The number of allylic oxidation sites excluding steroid dienone is 2. The van der Waals surface area contributed by atoms with Crippen LogP contribution in [0, 0.1) is 5.82 Å². The number of nitrogens with zero attached hydrogens (tertiary/aromatic N) is 1.